The van der Waals surface area contributed by atoms with E-state index in [0.717, 1.165) is 57.3 Å². The molecule has 2 aliphatic heterocycles. The van der Waals surface area contributed by atoms with Crippen molar-refractivity contribution in [1.82, 2.24) is 14.5 Å². The Morgan fingerprint density at radius 2 is 1.52 bits per heavy atom. The van der Waals surface area contributed by atoms with E-state index in [4.69, 9.17) is 0 Å². The number of aryl methyl sites for hydroxylation is 1. The normalized spacial score (nSPS) is 18.8. The van der Waals surface area contributed by atoms with Crippen LogP contribution in [-0.4, -0.2) is 55.8 Å². The Labute approximate surface area is 198 Å². The molecular weight excluding hydrogens is 434 g/mol. The van der Waals surface area contributed by atoms with Crippen LogP contribution in [0.1, 0.15) is 49.7 Å². The first-order valence-corrected chi connectivity index (χ1v) is 13.6. The summed E-state index contributed by atoms with van der Waals surface area (Å²) in [7, 11) is -3.40. The first kappa shape index (κ1) is 23.9. The van der Waals surface area contributed by atoms with E-state index in [9.17, 15) is 13.2 Å². The van der Waals surface area contributed by atoms with Gasteiger partial charge in [0.05, 0.1) is 4.90 Å². The fourth-order valence-corrected chi connectivity index (χ4v) is 6.23. The highest BCUT2D eigenvalue weighted by Crippen LogP contribution is 2.21. The third kappa shape index (κ3) is 6.65. The molecule has 2 saturated heterocycles. The highest BCUT2D eigenvalue weighted by atomic mass is 32.2. The summed E-state index contributed by atoms with van der Waals surface area (Å²) in [5.41, 5.74) is 2.31. The first-order valence-electron chi connectivity index (χ1n) is 12.2. The summed E-state index contributed by atoms with van der Waals surface area (Å²) in [4.78, 5) is 15.3. The van der Waals surface area contributed by atoms with Crippen molar-refractivity contribution in [2.45, 2.75) is 62.4 Å². The van der Waals surface area contributed by atoms with Crippen LogP contribution in [0.3, 0.4) is 0 Å². The Morgan fingerprint density at radius 3 is 2.18 bits per heavy atom. The molecule has 1 amide bonds. The van der Waals surface area contributed by atoms with Crippen LogP contribution >= 0.6 is 0 Å². The summed E-state index contributed by atoms with van der Waals surface area (Å²) in [6.45, 7) is 4.16. The van der Waals surface area contributed by atoms with Gasteiger partial charge in [-0.25, -0.2) is 8.42 Å². The lowest BCUT2D eigenvalue weighted by atomic mass is 10.0. The molecule has 0 unspecified atom stereocenters. The summed E-state index contributed by atoms with van der Waals surface area (Å²) in [6, 6.07) is 17.8. The summed E-state index contributed by atoms with van der Waals surface area (Å²) >= 11 is 0. The minimum absolute atomic E-state index is 0.0709. The summed E-state index contributed by atoms with van der Waals surface area (Å²) in [6.07, 6.45) is 5.94. The highest BCUT2D eigenvalue weighted by molar-refractivity contribution is 7.89. The van der Waals surface area contributed by atoms with Crippen LogP contribution in [-0.2, 0) is 27.8 Å². The molecule has 0 atom stereocenters. The van der Waals surface area contributed by atoms with Gasteiger partial charge >= 0.3 is 0 Å². The van der Waals surface area contributed by atoms with E-state index in [-0.39, 0.29) is 11.9 Å². The van der Waals surface area contributed by atoms with Crippen LogP contribution < -0.4 is 5.32 Å². The predicted molar refractivity (Wildman–Crippen MR) is 130 cm³/mol. The number of nitrogens with one attached hydrogen (secondary N) is 1. The highest BCUT2D eigenvalue weighted by Gasteiger charge is 2.26. The lowest BCUT2D eigenvalue weighted by Crippen LogP contribution is -2.44. The summed E-state index contributed by atoms with van der Waals surface area (Å²) in [5.74, 6) is 0.0709. The van der Waals surface area contributed by atoms with Crippen molar-refractivity contribution in [2.75, 3.05) is 26.2 Å². The summed E-state index contributed by atoms with van der Waals surface area (Å²) < 4.78 is 27.1. The van der Waals surface area contributed by atoms with Gasteiger partial charge in [-0.3, -0.25) is 9.69 Å². The smallest absolute Gasteiger partial charge is 0.243 e. The van der Waals surface area contributed by atoms with Gasteiger partial charge in [-0.15, -0.1) is 0 Å². The molecule has 178 valence electrons. The van der Waals surface area contributed by atoms with Gasteiger partial charge < -0.3 is 5.32 Å². The van der Waals surface area contributed by atoms with E-state index in [1.807, 2.05) is 18.2 Å². The number of hydrogen-bond donors (Lipinski definition) is 1. The maximum absolute atomic E-state index is 12.8. The lowest BCUT2D eigenvalue weighted by Gasteiger charge is -2.32. The van der Waals surface area contributed by atoms with Crippen molar-refractivity contribution in [3.8, 4) is 0 Å². The Bertz CT molecular complexity index is 995. The largest absolute Gasteiger partial charge is 0.353 e. The molecule has 6 nitrogen and oxygen atoms in total. The Morgan fingerprint density at radius 1 is 0.848 bits per heavy atom. The van der Waals surface area contributed by atoms with Gasteiger partial charge in [0.2, 0.25) is 15.9 Å². The molecule has 0 bridgehead atoms. The molecule has 33 heavy (non-hydrogen) atoms. The van der Waals surface area contributed by atoms with Crippen LogP contribution in [0.5, 0.6) is 0 Å². The number of amides is 1. The number of carbonyl (C=O) groups is 1. The minimum Gasteiger partial charge on any atom is -0.353 e. The number of likely N-dealkylation sites (tertiary alicyclic amines) is 1. The molecule has 0 aliphatic carbocycles. The molecular formula is C26H35N3O3S. The van der Waals surface area contributed by atoms with Crippen molar-refractivity contribution in [2.24, 2.45) is 0 Å². The molecule has 0 aromatic heterocycles. The monoisotopic (exact) mass is 469 g/mol. The number of carbonyl (C=O) groups excluding carboxylic acids is 1. The van der Waals surface area contributed by atoms with Gasteiger partial charge in [-0.05, 0) is 55.4 Å². The first-order chi connectivity index (χ1) is 16.0. The molecule has 1 N–H and O–H groups in total. The van der Waals surface area contributed by atoms with Gasteiger partial charge in [0, 0.05) is 45.2 Å². The van der Waals surface area contributed by atoms with E-state index >= 15 is 0 Å². The van der Waals surface area contributed by atoms with Crippen molar-refractivity contribution in [1.29, 1.82) is 0 Å². The third-order valence-electron chi connectivity index (χ3n) is 6.72. The summed E-state index contributed by atoms with van der Waals surface area (Å²) in [5, 5.41) is 3.18. The maximum atomic E-state index is 12.8. The molecule has 2 aromatic carbocycles. The van der Waals surface area contributed by atoms with Gasteiger partial charge in [0.1, 0.15) is 0 Å². The number of rotatable bonds is 8. The Kier molecular flexibility index (Phi) is 8.17. The van der Waals surface area contributed by atoms with Gasteiger partial charge in [0.15, 0.2) is 0 Å². The molecule has 2 fully saturated rings. The van der Waals surface area contributed by atoms with Crippen LogP contribution in [0.15, 0.2) is 59.5 Å². The van der Waals surface area contributed by atoms with E-state index in [0.29, 0.717) is 30.8 Å². The quantitative estimate of drug-likeness (QED) is 0.642. The van der Waals surface area contributed by atoms with Gasteiger partial charge in [0.25, 0.3) is 0 Å². The molecule has 2 aliphatic rings. The fourth-order valence-electron chi connectivity index (χ4n) is 4.72. The van der Waals surface area contributed by atoms with Crippen molar-refractivity contribution < 1.29 is 13.2 Å². The average Bonchev–Trinajstić information content (AvgIpc) is 2.85. The zero-order chi connectivity index (χ0) is 23.1. The molecule has 0 spiro atoms. The maximum Gasteiger partial charge on any atom is 0.243 e. The third-order valence-corrected chi connectivity index (χ3v) is 8.63. The standard InChI is InChI=1S/C26H35N3O3S/c30-26(27-24-15-19-28(20-16-24)21-23-7-3-1-4-8-23)14-11-22-9-12-25(13-10-22)33(31,32)29-17-5-2-6-18-29/h1,3-4,7-10,12-13,24H,2,5-6,11,14-21H2,(H,27,30). The molecule has 4 rings (SSSR count). The van der Waals surface area contributed by atoms with Gasteiger partial charge in [-0.2, -0.15) is 4.31 Å². The minimum atomic E-state index is -3.40. The number of sulfonamides is 1. The van der Waals surface area contributed by atoms with Crippen LogP contribution in [0.25, 0.3) is 0 Å². The molecule has 0 saturated carbocycles. The second-order valence-corrected chi connectivity index (χ2v) is 11.2. The number of piperidine rings is 2. The van der Waals surface area contributed by atoms with E-state index in [1.54, 1.807) is 16.4 Å². The van der Waals surface area contributed by atoms with Crippen molar-refractivity contribution in [3.05, 3.63) is 65.7 Å². The number of nitrogens with zero attached hydrogens (tertiary/aromatic N) is 2. The predicted octanol–water partition coefficient (Wildman–Crippen LogP) is 3.57. The fraction of sp³-hybridized carbons (Fsp3) is 0.500. The second kappa shape index (κ2) is 11.3. The molecule has 7 heteroatoms. The van der Waals surface area contributed by atoms with E-state index < -0.39 is 10.0 Å². The SMILES string of the molecule is O=C(CCc1ccc(S(=O)(=O)N2CCCCC2)cc1)NC1CCN(Cc2ccccc2)CC1. The number of benzene rings is 2. The van der Waals surface area contributed by atoms with Crippen molar-refractivity contribution >= 4 is 15.9 Å². The average molecular weight is 470 g/mol. The van der Waals surface area contributed by atoms with Crippen LogP contribution in [0.2, 0.25) is 0 Å². The lowest BCUT2D eigenvalue weighted by molar-refractivity contribution is -0.122. The molecule has 2 heterocycles. The topological polar surface area (TPSA) is 69.7 Å². The molecule has 2 aromatic rings. The molecule has 0 radical (unpaired) electrons. The Hall–Kier alpha value is -2.22. The van der Waals surface area contributed by atoms with E-state index in [2.05, 4.69) is 34.5 Å². The van der Waals surface area contributed by atoms with Crippen molar-refractivity contribution in [3.63, 3.8) is 0 Å². The van der Waals surface area contributed by atoms with E-state index in [1.165, 1.54) is 5.56 Å². The second-order valence-electron chi connectivity index (χ2n) is 9.21. The van der Waals surface area contributed by atoms with Crippen LogP contribution in [0, 0.1) is 0 Å². The number of hydrogen-bond acceptors (Lipinski definition) is 4. The Balaban J connectivity index is 1.19. The zero-order valence-corrected chi connectivity index (χ0v) is 20.1. The van der Waals surface area contributed by atoms with Crippen LogP contribution in [0.4, 0.5) is 0 Å². The van der Waals surface area contributed by atoms with Gasteiger partial charge in [-0.1, -0.05) is 48.9 Å². The zero-order valence-electron chi connectivity index (χ0n) is 19.3.